The van der Waals surface area contributed by atoms with E-state index < -0.39 is 0 Å². The van der Waals surface area contributed by atoms with Gasteiger partial charge in [-0.05, 0) is 49.9 Å². The summed E-state index contributed by atoms with van der Waals surface area (Å²) in [5, 5.41) is 3.63. The highest BCUT2D eigenvalue weighted by molar-refractivity contribution is 5.36. The number of methoxy groups -OCH3 is 1. The maximum atomic E-state index is 5.85. The molecule has 1 heterocycles. The predicted molar refractivity (Wildman–Crippen MR) is 93.0 cm³/mol. The second kappa shape index (κ2) is 8.02. The summed E-state index contributed by atoms with van der Waals surface area (Å²) in [6.07, 6.45) is 3.45. The van der Waals surface area contributed by atoms with E-state index in [2.05, 4.69) is 17.4 Å². The van der Waals surface area contributed by atoms with Gasteiger partial charge in [0.15, 0.2) is 0 Å². The largest absolute Gasteiger partial charge is 0.496 e. The van der Waals surface area contributed by atoms with Crippen LogP contribution >= 0.6 is 0 Å². The Bertz CT molecular complexity index is 600. The van der Waals surface area contributed by atoms with Crippen LogP contribution in [0.25, 0.3) is 0 Å². The lowest BCUT2D eigenvalue weighted by atomic mass is 9.86. The Morgan fingerprint density at radius 2 is 1.83 bits per heavy atom. The SMILES string of the molecule is COc1ccccc1C1CC(CCOc2ccccc2)CCN1. The Balaban J connectivity index is 1.54. The molecule has 3 rings (SSSR count). The van der Waals surface area contributed by atoms with E-state index >= 15 is 0 Å². The number of hydrogen-bond donors (Lipinski definition) is 1. The number of rotatable bonds is 6. The van der Waals surface area contributed by atoms with Gasteiger partial charge in [-0.25, -0.2) is 0 Å². The van der Waals surface area contributed by atoms with E-state index in [1.807, 2.05) is 42.5 Å². The summed E-state index contributed by atoms with van der Waals surface area (Å²) >= 11 is 0. The highest BCUT2D eigenvalue weighted by Gasteiger charge is 2.24. The van der Waals surface area contributed by atoms with Crippen molar-refractivity contribution in [3.63, 3.8) is 0 Å². The van der Waals surface area contributed by atoms with Crippen LogP contribution in [0.5, 0.6) is 11.5 Å². The molecule has 0 aromatic heterocycles. The summed E-state index contributed by atoms with van der Waals surface area (Å²) in [6.45, 7) is 1.84. The summed E-state index contributed by atoms with van der Waals surface area (Å²) in [5.74, 6) is 2.63. The van der Waals surface area contributed by atoms with Crippen molar-refractivity contribution in [1.82, 2.24) is 5.32 Å². The molecule has 0 amide bonds. The lowest BCUT2D eigenvalue weighted by Gasteiger charge is -2.31. The molecule has 2 aromatic rings. The first kappa shape index (κ1) is 15.9. The van der Waals surface area contributed by atoms with Crippen LogP contribution in [0.4, 0.5) is 0 Å². The molecule has 1 N–H and O–H groups in total. The summed E-state index contributed by atoms with van der Waals surface area (Å²) in [6, 6.07) is 18.8. The molecule has 2 unspecified atom stereocenters. The zero-order valence-corrected chi connectivity index (χ0v) is 13.7. The minimum Gasteiger partial charge on any atom is -0.496 e. The molecule has 0 bridgehead atoms. The molecule has 1 saturated heterocycles. The average molecular weight is 311 g/mol. The van der Waals surface area contributed by atoms with Gasteiger partial charge in [-0.2, -0.15) is 0 Å². The van der Waals surface area contributed by atoms with E-state index in [4.69, 9.17) is 9.47 Å². The molecule has 122 valence electrons. The summed E-state index contributed by atoms with van der Waals surface area (Å²) in [7, 11) is 1.74. The minimum atomic E-state index is 0.377. The van der Waals surface area contributed by atoms with Gasteiger partial charge in [-0.1, -0.05) is 36.4 Å². The number of hydrogen-bond acceptors (Lipinski definition) is 3. The minimum absolute atomic E-state index is 0.377. The van der Waals surface area contributed by atoms with E-state index in [1.54, 1.807) is 7.11 Å². The number of piperidine rings is 1. The highest BCUT2D eigenvalue weighted by atomic mass is 16.5. The lowest BCUT2D eigenvalue weighted by molar-refractivity contribution is 0.228. The lowest BCUT2D eigenvalue weighted by Crippen LogP contribution is -2.32. The number of benzene rings is 2. The average Bonchev–Trinajstić information content (AvgIpc) is 2.63. The van der Waals surface area contributed by atoms with Gasteiger partial charge in [0.1, 0.15) is 11.5 Å². The molecule has 0 saturated carbocycles. The van der Waals surface area contributed by atoms with Gasteiger partial charge in [0.2, 0.25) is 0 Å². The second-order valence-electron chi connectivity index (χ2n) is 6.09. The Morgan fingerprint density at radius 3 is 2.65 bits per heavy atom. The Hall–Kier alpha value is -2.00. The van der Waals surface area contributed by atoms with E-state index in [0.29, 0.717) is 12.0 Å². The fourth-order valence-corrected chi connectivity index (χ4v) is 3.31. The van der Waals surface area contributed by atoms with Crippen LogP contribution in [-0.2, 0) is 0 Å². The molecular weight excluding hydrogens is 286 g/mol. The molecule has 1 aliphatic heterocycles. The van der Waals surface area contributed by atoms with Crippen LogP contribution in [0.15, 0.2) is 54.6 Å². The van der Waals surface area contributed by atoms with Crippen LogP contribution in [0.2, 0.25) is 0 Å². The molecule has 1 fully saturated rings. The topological polar surface area (TPSA) is 30.5 Å². The van der Waals surface area contributed by atoms with Crippen LogP contribution in [-0.4, -0.2) is 20.3 Å². The monoisotopic (exact) mass is 311 g/mol. The fraction of sp³-hybridized carbons (Fsp3) is 0.400. The van der Waals surface area contributed by atoms with Gasteiger partial charge < -0.3 is 14.8 Å². The predicted octanol–water partition coefficient (Wildman–Crippen LogP) is 4.21. The Morgan fingerprint density at radius 1 is 1.04 bits per heavy atom. The zero-order valence-electron chi connectivity index (χ0n) is 13.7. The summed E-state index contributed by atoms with van der Waals surface area (Å²) < 4.78 is 11.4. The molecule has 2 atom stereocenters. The first-order valence-corrected chi connectivity index (χ1v) is 8.41. The smallest absolute Gasteiger partial charge is 0.123 e. The van der Waals surface area contributed by atoms with Crippen molar-refractivity contribution in [2.75, 3.05) is 20.3 Å². The molecule has 0 aliphatic carbocycles. The zero-order chi connectivity index (χ0) is 15.9. The number of para-hydroxylation sites is 2. The molecular formula is C20H25NO2. The third-order valence-electron chi connectivity index (χ3n) is 4.56. The van der Waals surface area contributed by atoms with Crippen molar-refractivity contribution >= 4 is 0 Å². The van der Waals surface area contributed by atoms with Crippen LogP contribution in [0.1, 0.15) is 30.9 Å². The van der Waals surface area contributed by atoms with E-state index in [9.17, 15) is 0 Å². The number of ether oxygens (including phenoxy) is 2. The normalized spacial score (nSPS) is 20.9. The second-order valence-corrected chi connectivity index (χ2v) is 6.09. The molecule has 0 spiro atoms. The maximum absolute atomic E-state index is 5.85. The van der Waals surface area contributed by atoms with E-state index in [0.717, 1.165) is 37.5 Å². The fourth-order valence-electron chi connectivity index (χ4n) is 3.31. The molecule has 3 heteroatoms. The highest BCUT2D eigenvalue weighted by Crippen LogP contribution is 2.33. The first-order valence-electron chi connectivity index (χ1n) is 8.41. The quantitative estimate of drug-likeness (QED) is 0.867. The molecule has 3 nitrogen and oxygen atoms in total. The van der Waals surface area contributed by atoms with Crippen molar-refractivity contribution in [3.8, 4) is 11.5 Å². The van der Waals surface area contributed by atoms with Crippen molar-refractivity contribution in [1.29, 1.82) is 0 Å². The first-order chi connectivity index (χ1) is 11.4. The van der Waals surface area contributed by atoms with Gasteiger partial charge in [-0.3, -0.25) is 0 Å². The summed E-state index contributed by atoms with van der Waals surface area (Å²) in [4.78, 5) is 0. The number of nitrogens with one attached hydrogen (secondary N) is 1. The van der Waals surface area contributed by atoms with Crippen molar-refractivity contribution in [3.05, 3.63) is 60.2 Å². The van der Waals surface area contributed by atoms with Crippen molar-refractivity contribution in [2.45, 2.75) is 25.3 Å². The van der Waals surface area contributed by atoms with Gasteiger partial charge in [0, 0.05) is 11.6 Å². The molecule has 23 heavy (non-hydrogen) atoms. The maximum Gasteiger partial charge on any atom is 0.123 e. The third-order valence-corrected chi connectivity index (χ3v) is 4.56. The van der Waals surface area contributed by atoms with Crippen LogP contribution < -0.4 is 14.8 Å². The van der Waals surface area contributed by atoms with Crippen molar-refractivity contribution in [2.24, 2.45) is 5.92 Å². The Labute approximate surface area is 138 Å². The van der Waals surface area contributed by atoms with Crippen LogP contribution in [0, 0.1) is 5.92 Å². The summed E-state index contributed by atoms with van der Waals surface area (Å²) in [5.41, 5.74) is 1.27. The standard InChI is InChI=1S/C20H25NO2/c1-22-20-10-6-5-9-18(20)19-15-16(11-13-21-19)12-14-23-17-7-3-2-4-8-17/h2-10,16,19,21H,11-15H2,1H3. The van der Waals surface area contributed by atoms with Gasteiger partial charge in [-0.15, -0.1) is 0 Å². The van der Waals surface area contributed by atoms with Crippen molar-refractivity contribution < 1.29 is 9.47 Å². The van der Waals surface area contributed by atoms with Gasteiger partial charge in [0.25, 0.3) is 0 Å². The van der Waals surface area contributed by atoms with Crippen LogP contribution in [0.3, 0.4) is 0 Å². The van der Waals surface area contributed by atoms with E-state index in [-0.39, 0.29) is 0 Å². The van der Waals surface area contributed by atoms with Gasteiger partial charge >= 0.3 is 0 Å². The Kier molecular flexibility index (Phi) is 5.54. The van der Waals surface area contributed by atoms with E-state index in [1.165, 1.54) is 12.0 Å². The molecule has 1 aliphatic rings. The van der Waals surface area contributed by atoms with Gasteiger partial charge in [0.05, 0.1) is 13.7 Å². The molecule has 0 radical (unpaired) electrons. The third kappa shape index (κ3) is 4.26. The molecule has 2 aromatic carbocycles.